The second kappa shape index (κ2) is 5.71. The van der Waals surface area contributed by atoms with Gasteiger partial charge in [-0.05, 0) is 25.5 Å². The average Bonchev–Trinajstić information content (AvgIpc) is 2.27. The van der Waals surface area contributed by atoms with Crippen LogP contribution in [-0.4, -0.2) is 26.8 Å². The first-order valence-electron chi connectivity index (χ1n) is 5.05. The molecule has 3 N–H and O–H groups in total. The van der Waals surface area contributed by atoms with Crippen molar-refractivity contribution >= 4 is 29.3 Å². The smallest absolute Gasteiger partial charge is 0.321 e. The molecule has 1 rings (SSSR count). The Hall–Kier alpha value is -0.780. The standard InChI is InChI=1S/C11H15ClN2O2S/c1-11(2,9(13)10(15)16)17-6-7-3-4-8(12)14-5-7/h3-5,9H,6,13H2,1-2H3,(H,15,16)/t9-/m0/s1. The molecular formula is C11H15ClN2O2S. The van der Waals surface area contributed by atoms with Gasteiger partial charge in [0.15, 0.2) is 0 Å². The second-order valence-electron chi connectivity index (χ2n) is 4.20. The first-order chi connectivity index (χ1) is 7.83. The van der Waals surface area contributed by atoms with Crippen molar-refractivity contribution < 1.29 is 9.90 Å². The van der Waals surface area contributed by atoms with E-state index in [4.69, 9.17) is 22.4 Å². The number of hydrogen-bond acceptors (Lipinski definition) is 4. The fourth-order valence-electron chi connectivity index (χ4n) is 1.15. The van der Waals surface area contributed by atoms with Crippen LogP contribution < -0.4 is 5.73 Å². The van der Waals surface area contributed by atoms with E-state index in [1.807, 2.05) is 19.9 Å². The summed E-state index contributed by atoms with van der Waals surface area (Å²) >= 11 is 7.16. The third kappa shape index (κ3) is 4.18. The predicted molar refractivity (Wildman–Crippen MR) is 70.2 cm³/mol. The number of carboxylic acid groups (broad SMARTS) is 1. The maximum Gasteiger partial charge on any atom is 0.321 e. The molecule has 0 aliphatic carbocycles. The van der Waals surface area contributed by atoms with Gasteiger partial charge in [0.1, 0.15) is 11.2 Å². The molecule has 4 nitrogen and oxygen atoms in total. The van der Waals surface area contributed by atoms with Crippen molar-refractivity contribution in [2.45, 2.75) is 30.4 Å². The molecule has 0 amide bonds. The van der Waals surface area contributed by atoms with E-state index in [9.17, 15) is 4.79 Å². The number of nitrogens with zero attached hydrogens (tertiary/aromatic N) is 1. The lowest BCUT2D eigenvalue weighted by atomic mass is 10.1. The number of nitrogens with two attached hydrogens (primary N) is 1. The summed E-state index contributed by atoms with van der Waals surface area (Å²) in [6.45, 7) is 3.64. The number of aromatic nitrogens is 1. The van der Waals surface area contributed by atoms with Crippen molar-refractivity contribution in [3.8, 4) is 0 Å². The predicted octanol–water partition coefficient (Wildman–Crippen LogP) is 2.16. The molecule has 0 fully saturated rings. The average molecular weight is 275 g/mol. The van der Waals surface area contributed by atoms with E-state index in [1.54, 1.807) is 12.3 Å². The Kier molecular flexibility index (Phi) is 4.80. The van der Waals surface area contributed by atoms with Gasteiger partial charge >= 0.3 is 5.97 Å². The molecule has 1 aromatic heterocycles. The van der Waals surface area contributed by atoms with Crippen LogP contribution in [0.1, 0.15) is 19.4 Å². The Morgan fingerprint density at radius 3 is 2.76 bits per heavy atom. The van der Waals surface area contributed by atoms with Crippen LogP contribution in [0.3, 0.4) is 0 Å². The van der Waals surface area contributed by atoms with Crippen molar-refractivity contribution in [3.05, 3.63) is 29.0 Å². The number of rotatable bonds is 5. The van der Waals surface area contributed by atoms with Gasteiger partial charge in [-0.3, -0.25) is 4.79 Å². The van der Waals surface area contributed by atoms with E-state index < -0.39 is 16.8 Å². The molecule has 1 heterocycles. The Balaban J connectivity index is 2.60. The largest absolute Gasteiger partial charge is 0.480 e. The monoisotopic (exact) mass is 274 g/mol. The van der Waals surface area contributed by atoms with Gasteiger partial charge in [0.25, 0.3) is 0 Å². The fourth-order valence-corrected chi connectivity index (χ4v) is 2.25. The highest BCUT2D eigenvalue weighted by Crippen LogP contribution is 2.30. The van der Waals surface area contributed by atoms with Crippen molar-refractivity contribution in [1.29, 1.82) is 0 Å². The van der Waals surface area contributed by atoms with E-state index in [0.717, 1.165) is 5.56 Å². The Labute approximate surface area is 110 Å². The minimum absolute atomic E-state index is 0.445. The molecular weight excluding hydrogens is 260 g/mol. The first kappa shape index (κ1) is 14.3. The maximum atomic E-state index is 10.8. The SMILES string of the molecule is CC(C)(SCc1ccc(Cl)nc1)[C@@H](N)C(=O)O. The molecule has 0 aliphatic heterocycles. The van der Waals surface area contributed by atoms with Gasteiger partial charge in [0, 0.05) is 16.7 Å². The lowest BCUT2D eigenvalue weighted by molar-refractivity contribution is -0.139. The molecule has 0 bridgehead atoms. The minimum atomic E-state index is -0.989. The number of carboxylic acids is 1. The van der Waals surface area contributed by atoms with Crippen LogP contribution >= 0.6 is 23.4 Å². The zero-order valence-electron chi connectivity index (χ0n) is 9.68. The quantitative estimate of drug-likeness (QED) is 0.805. The van der Waals surface area contributed by atoms with E-state index >= 15 is 0 Å². The van der Waals surface area contributed by atoms with E-state index in [-0.39, 0.29) is 0 Å². The summed E-state index contributed by atoms with van der Waals surface area (Å²) in [6.07, 6.45) is 1.68. The van der Waals surface area contributed by atoms with Gasteiger partial charge in [-0.25, -0.2) is 4.98 Å². The summed E-state index contributed by atoms with van der Waals surface area (Å²) in [7, 11) is 0. The molecule has 0 radical (unpaired) electrons. The van der Waals surface area contributed by atoms with Crippen LogP contribution in [-0.2, 0) is 10.5 Å². The van der Waals surface area contributed by atoms with Gasteiger partial charge in [-0.1, -0.05) is 17.7 Å². The van der Waals surface area contributed by atoms with E-state index in [1.165, 1.54) is 11.8 Å². The lowest BCUT2D eigenvalue weighted by Crippen LogP contribution is -2.46. The highest BCUT2D eigenvalue weighted by Gasteiger charge is 2.32. The summed E-state index contributed by atoms with van der Waals surface area (Å²) in [5.74, 6) is -0.338. The number of carbonyl (C=O) groups is 1. The van der Waals surface area contributed by atoms with Gasteiger partial charge in [-0.2, -0.15) is 0 Å². The summed E-state index contributed by atoms with van der Waals surface area (Å²) in [4.78, 5) is 14.8. The number of pyridine rings is 1. The molecule has 1 aromatic rings. The summed E-state index contributed by atoms with van der Waals surface area (Å²) in [5, 5.41) is 9.33. The maximum absolute atomic E-state index is 10.8. The number of hydrogen-bond donors (Lipinski definition) is 2. The van der Waals surface area contributed by atoms with Crippen LogP contribution in [0, 0.1) is 0 Å². The molecule has 0 saturated heterocycles. The van der Waals surface area contributed by atoms with Crippen LogP contribution in [0.2, 0.25) is 5.15 Å². The Morgan fingerprint density at radius 1 is 1.65 bits per heavy atom. The topological polar surface area (TPSA) is 76.2 Å². The van der Waals surface area contributed by atoms with Gasteiger partial charge < -0.3 is 10.8 Å². The Bertz CT molecular complexity index is 395. The molecule has 0 aromatic carbocycles. The van der Waals surface area contributed by atoms with Crippen molar-refractivity contribution in [1.82, 2.24) is 4.98 Å². The van der Waals surface area contributed by atoms with E-state index in [2.05, 4.69) is 4.98 Å². The molecule has 0 unspecified atom stereocenters. The first-order valence-corrected chi connectivity index (χ1v) is 6.42. The second-order valence-corrected chi connectivity index (χ2v) is 6.21. The zero-order valence-corrected chi connectivity index (χ0v) is 11.3. The van der Waals surface area contributed by atoms with Crippen molar-refractivity contribution in [2.75, 3.05) is 0 Å². The minimum Gasteiger partial charge on any atom is -0.480 e. The fraction of sp³-hybridized carbons (Fsp3) is 0.455. The van der Waals surface area contributed by atoms with E-state index in [0.29, 0.717) is 10.9 Å². The van der Waals surface area contributed by atoms with Crippen LogP contribution in [0.4, 0.5) is 0 Å². The number of thioether (sulfide) groups is 1. The van der Waals surface area contributed by atoms with Crippen molar-refractivity contribution in [2.24, 2.45) is 5.73 Å². The Morgan fingerprint density at radius 2 is 2.29 bits per heavy atom. The van der Waals surface area contributed by atoms with Gasteiger partial charge in [-0.15, -0.1) is 11.8 Å². The van der Waals surface area contributed by atoms with Crippen LogP contribution in [0.25, 0.3) is 0 Å². The van der Waals surface area contributed by atoms with Gasteiger partial charge in [0.2, 0.25) is 0 Å². The summed E-state index contributed by atoms with van der Waals surface area (Å²) in [5.41, 5.74) is 6.62. The third-order valence-corrected chi connectivity index (χ3v) is 4.11. The van der Waals surface area contributed by atoms with Crippen LogP contribution in [0.5, 0.6) is 0 Å². The number of aliphatic carboxylic acids is 1. The highest BCUT2D eigenvalue weighted by atomic mass is 35.5. The van der Waals surface area contributed by atoms with Crippen molar-refractivity contribution in [3.63, 3.8) is 0 Å². The molecule has 94 valence electrons. The summed E-state index contributed by atoms with van der Waals surface area (Å²) < 4.78 is -0.536. The molecule has 1 atom stereocenters. The van der Waals surface area contributed by atoms with Crippen LogP contribution in [0.15, 0.2) is 18.3 Å². The zero-order chi connectivity index (χ0) is 13.1. The summed E-state index contributed by atoms with van der Waals surface area (Å²) in [6, 6.07) is 2.68. The third-order valence-electron chi connectivity index (χ3n) is 2.41. The van der Waals surface area contributed by atoms with Gasteiger partial charge in [0.05, 0.1) is 0 Å². The number of halogens is 1. The highest BCUT2D eigenvalue weighted by molar-refractivity contribution is 7.99. The molecule has 0 spiro atoms. The lowest BCUT2D eigenvalue weighted by Gasteiger charge is -2.27. The molecule has 6 heteroatoms. The molecule has 0 saturated carbocycles. The normalized spacial score (nSPS) is 13.4. The molecule has 17 heavy (non-hydrogen) atoms. The molecule has 0 aliphatic rings.